The molecule has 3 aromatic carbocycles. The summed E-state index contributed by atoms with van der Waals surface area (Å²) in [5.74, 6) is 1.18. The van der Waals surface area contributed by atoms with Crippen LogP contribution in [0.2, 0.25) is 0 Å². The number of hydrogen-bond acceptors (Lipinski definition) is 4. The molecule has 0 unspecified atom stereocenters. The van der Waals surface area contributed by atoms with Crippen molar-refractivity contribution in [2.45, 2.75) is 19.9 Å². The lowest BCUT2D eigenvalue weighted by Gasteiger charge is -2.11. The molecule has 0 fully saturated rings. The number of aromatic nitrogens is 2. The third kappa shape index (κ3) is 5.38. The van der Waals surface area contributed by atoms with Gasteiger partial charge in [0, 0.05) is 24.2 Å². The molecule has 0 spiro atoms. The monoisotopic (exact) mass is 442 g/mol. The molecule has 1 aromatic heterocycles. The van der Waals surface area contributed by atoms with Crippen LogP contribution in [-0.2, 0) is 17.8 Å². The zero-order valence-electron chi connectivity index (χ0n) is 18.7. The molecule has 0 atom stereocenters. The molecule has 1 heterocycles. The number of nitrogens with zero attached hydrogens (tertiary/aromatic N) is 2. The van der Waals surface area contributed by atoms with Gasteiger partial charge in [0.2, 0.25) is 5.91 Å². The summed E-state index contributed by atoms with van der Waals surface area (Å²) in [5, 5.41) is 5.85. The number of amides is 2. The molecule has 0 aliphatic carbocycles. The van der Waals surface area contributed by atoms with E-state index in [1.54, 1.807) is 31.4 Å². The summed E-state index contributed by atoms with van der Waals surface area (Å²) in [4.78, 5) is 29.9. The zero-order valence-corrected chi connectivity index (χ0v) is 18.7. The minimum absolute atomic E-state index is 0.119. The number of anilines is 1. The van der Waals surface area contributed by atoms with Crippen LogP contribution in [0, 0.1) is 6.92 Å². The van der Waals surface area contributed by atoms with E-state index in [0.29, 0.717) is 24.2 Å². The van der Waals surface area contributed by atoms with Crippen molar-refractivity contribution in [1.29, 1.82) is 0 Å². The Morgan fingerprint density at radius 2 is 1.70 bits per heavy atom. The van der Waals surface area contributed by atoms with Crippen LogP contribution in [0.1, 0.15) is 21.7 Å². The summed E-state index contributed by atoms with van der Waals surface area (Å²) in [7, 11) is 1.60. The van der Waals surface area contributed by atoms with Crippen LogP contribution in [0.5, 0.6) is 5.75 Å². The molecule has 2 amide bonds. The lowest BCUT2D eigenvalue weighted by Crippen LogP contribution is -2.27. The Morgan fingerprint density at radius 1 is 0.970 bits per heavy atom. The average molecular weight is 443 g/mol. The van der Waals surface area contributed by atoms with Crippen molar-refractivity contribution in [3.05, 3.63) is 89.7 Å². The standard InChI is InChI=1S/C26H26N4O3/c1-18-7-9-19(10-8-18)26(32)27-16-15-24-29-22-5-3-4-6-23(22)30(24)17-25(31)28-20-11-13-21(33-2)14-12-20/h3-14H,15-17H2,1-2H3,(H,27,32)(H,28,31). The van der Waals surface area contributed by atoms with Gasteiger partial charge in [0.15, 0.2) is 0 Å². The van der Waals surface area contributed by atoms with E-state index in [9.17, 15) is 9.59 Å². The van der Waals surface area contributed by atoms with Crippen molar-refractivity contribution in [2.24, 2.45) is 0 Å². The molecule has 0 saturated carbocycles. The topological polar surface area (TPSA) is 85.2 Å². The fraction of sp³-hybridized carbons (Fsp3) is 0.192. The van der Waals surface area contributed by atoms with E-state index in [1.165, 1.54) is 0 Å². The summed E-state index contributed by atoms with van der Waals surface area (Å²) in [6.07, 6.45) is 0.502. The molecule has 0 aliphatic rings. The largest absolute Gasteiger partial charge is 0.497 e. The second-order valence-electron chi connectivity index (χ2n) is 7.75. The van der Waals surface area contributed by atoms with Crippen molar-refractivity contribution in [3.8, 4) is 5.75 Å². The number of hydrogen-bond donors (Lipinski definition) is 2. The minimum Gasteiger partial charge on any atom is -0.497 e. The van der Waals surface area contributed by atoms with Gasteiger partial charge in [-0.15, -0.1) is 0 Å². The first-order valence-electron chi connectivity index (χ1n) is 10.8. The van der Waals surface area contributed by atoms with Crippen LogP contribution in [0.25, 0.3) is 11.0 Å². The van der Waals surface area contributed by atoms with Gasteiger partial charge in [0.05, 0.1) is 18.1 Å². The maximum Gasteiger partial charge on any atom is 0.251 e. The van der Waals surface area contributed by atoms with Gasteiger partial charge < -0.3 is 19.9 Å². The van der Waals surface area contributed by atoms with E-state index in [0.717, 1.165) is 28.2 Å². The molecule has 4 rings (SSSR count). The number of methoxy groups -OCH3 is 1. The molecule has 168 valence electrons. The highest BCUT2D eigenvalue weighted by molar-refractivity contribution is 5.94. The fourth-order valence-electron chi connectivity index (χ4n) is 3.61. The van der Waals surface area contributed by atoms with E-state index in [1.807, 2.05) is 60.0 Å². The van der Waals surface area contributed by atoms with Crippen molar-refractivity contribution in [2.75, 3.05) is 19.0 Å². The number of carbonyl (C=O) groups is 2. The zero-order chi connectivity index (χ0) is 23.2. The Labute approximate surface area is 192 Å². The molecule has 0 bridgehead atoms. The van der Waals surface area contributed by atoms with E-state index < -0.39 is 0 Å². The predicted octanol–water partition coefficient (Wildman–Crippen LogP) is 3.96. The molecule has 33 heavy (non-hydrogen) atoms. The molecular formula is C26H26N4O3. The predicted molar refractivity (Wildman–Crippen MR) is 129 cm³/mol. The average Bonchev–Trinajstić information content (AvgIpc) is 3.17. The Kier molecular flexibility index (Phi) is 6.69. The highest BCUT2D eigenvalue weighted by atomic mass is 16.5. The third-order valence-corrected chi connectivity index (χ3v) is 5.36. The van der Waals surface area contributed by atoms with E-state index in [2.05, 4.69) is 10.6 Å². The van der Waals surface area contributed by atoms with Crippen LogP contribution < -0.4 is 15.4 Å². The number of para-hydroxylation sites is 2. The lowest BCUT2D eigenvalue weighted by atomic mass is 10.1. The number of ether oxygens (including phenoxy) is 1. The van der Waals surface area contributed by atoms with Crippen LogP contribution in [0.4, 0.5) is 5.69 Å². The Balaban J connectivity index is 1.45. The molecule has 4 aromatic rings. The van der Waals surface area contributed by atoms with Gasteiger partial charge in [-0.1, -0.05) is 29.8 Å². The summed E-state index contributed by atoms with van der Waals surface area (Å²) in [6, 6.07) is 22.3. The van der Waals surface area contributed by atoms with Crippen molar-refractivity contribution >= 4 is 28.5 Å². The number of imidazole rings is 1. The fourth-order valence-corrected chi connectivity index (χ4v) is 3.61. The summed E-state index contributed by atoms with van der Waals surface area (Å²) in [5.41, 5.74) is 4.11. The molecular weight excluding hydrogens is 416 g/mol. The van der Waals surface area contributed by atoms with Crippen molar-refractivity contribution in [1.82, 2.24) is 14.9 Å². The van der Waals surface area contributed by atoms with Gasteiger partial charge in [-0.2, -0.15) is 0 Å². The van der Waals surface area contributed by atoms with Gasteiger partial charge >= 0.3 is 0 Å². The van der Waals surface area contributed by atoms with E-state index >= 15 is 0 Å². The normalized spacial score (nSPS) is 10.7. The van der Waals surface area contributed by atoms with E-state index in [4.69, 9.17) is 9.72 Å². The van der Waals surface area contributed by atoms with Gasteiger partial charge in [0.25, 0.3) is 5.91 Å². The quantitative estimate of drug-likeness (QED) is 0.433. The van der Waals surface area contributed by atoms with E-state index in [-0.39, 0.29) is 18.4 Å². The maximum absolute atomic E-state index is 12.8. The maximum atomic E-state index is 12.8. The number of aryl methyl sites for hydroxylation is 1. The SMILES string of the molecule is COc1ccc(NC(=O)Cn2c(CCNC(=O)c3ccc(C)cc3)nc3ccccc32)cc1. The second-order valence-corrected chi connectivity index (χ2v) is 7.75. The van der Waals surface area contributed by atoms with Gasteiger partial charge in [-0.05, 0) is 55.5 Å². The number of benzene rings is 3. The molecule has 0 radical (unpaired) electrons. The Bertz CT molecular complexity index is 1260. The Morgan fingerprint density at radius 3 is 2.42 bits per heavy atom. The van der Waals surface area contributed by atoms with Gasteiger partial charge in [-0.3, -0.25) is 9.59 Å². The number of rotatable bonds is 8. The smallest absolute Gasteiger partial charge is 0.251 e. The first-order chi connectivity index (χ1) is 16.0. The van der Waals surface area contributed by atoms with Crippen LogP contribution >= 0.6 is 0 Å². The van der Waals surface area contributed by atoms with Crippen LogP contribution in [-0.4, -0.2) is 35.0 Å². The molecule has 0 aliphatic heterocycles. The van der Waals surface area contributed by atoms with Gasteiger partial charge in [-0.25, -0.2) is 4.98 Å². The lowest BCUT2D eigenvalue weighted by molar-refractivity contribution is -0.116. The van der Waals surface area contributed by atoms with Crippen LogP contribution in [0.3, 0.4) is 0 Å². The summed E-state index contributed by atoms with van der Waals surface area (Å²) >= 11 is 0. The molecule has 7 nitrogen and oxygen atoms in total. The molecule has 2 N–H and O–H groups in total. The number of nitrogens with one attached hydrogen (secondary N) is 2. The van der Waals surface area contributed by atoms with Gasteiger partial charge in [0.1, 0.15) is 18.1 Å². The highest BCUT2D eigenvalue weighted by Crippen LogP contribution is 2.18. The number of fused-ring (bicyclic) bond motifs is 1. The Hall–Kier alpha value is -4.13. The highest BCUT2D eigenvalue weighted by Gasteiger charge is 2.14. The van der Waals surface area contributed by atoms with Crippen LogP contribution in [0.15, 0.2) is 72.8 Å². The third-order valence-electron chi connectivity index (χ3n) is 5.36. The van der Waals surface area contributed by atoms with Crippen molar-refractivity contribution < 1.29 is 14.3 Å². The minimum atomic E-state index is -0.159. The molecule has 0 saturated heterocycles. The number of carbonyl (C=O) groups excluding carboxylic acids is 2. The summed E-state index contributed by atoms with van der Waals surface area (Å²) in [6.45, 7) is 2.51. The summed E-state index contributed by atoms with van der Waals surface area (Å²) < 4.78 is 7.05. The first kappa shape index (κ1) is 22.1. The second kappa shape index (κ2) is 9.99. The molecule has 7 heteroatoms. The first-order valence-corrected chi connectivity index (χ1v) is 10.8. The van der Waals surface area contributed by atoms with Crippen molar-refractivity contribution in [3.63, 3.8) is 0 Å².